The molecule has 0 unspecified atom stereocenters. The Balaban J connectivity index is 1.63. The molecule has 1 saturated heterocycles. The largest absolute Gasteiger partial charge is 0.357 e. The third-order valence-corrected chi connectivity index (χ3v) is 5.41. The summed E-state index contributed by atoms with van der Waals surface area (Å²) in [6, 6.07) is 6.07. The van der Waals surface area contributed by atoms with Gasteiger partial charge in [0.2, 0.25) is 0 Å². The van der Waals surface area contributed by atoms with Crippen molar-refractivity contribution in [3.63, 3.8) is 0 Å². The van der Waals surface area contributed by atoms with Crippen LogP contribution in [0.4, 0.5) is 5.82 Å². The van der Waals surface area contributed by atoms with E-state index < -0.39 is 0 Å². The summed E-state index contributed by atoms with van der Waals surface area (Å²) in [5.41, 5.74) is 2.36. The molecule has 0 aliphatic carbocycles. The Morgan fingerprint density at radius 2 is 2.13 bits per heavy atom. The van der Waals surface area contributed by atoms with E-state index in [9.17, 15) is 4.79 Å². The molecule has 0 aromatic carbocycles. The quantitative estimate of drug-likeness (QED) is 0.912. The number of aromatic nitrogens is 1. The molecule has 2 aromatic heterocycles. The Bertz CT molecular complexity index is 689. The molecule has 1 aliphatic heterocycles. The Morgan fingerprint density at radius 3 is 2.83 bits per heavy atom. The van der Waals surface area contributed by atoms with Gasteiger partial charge in [-0.25, -0.2) is 4.98 Å². The Labute approximate surface area is 141 Å². The molecule has 1 amide bonds. The fraction of sp³-hybridized carbons (Fsp3) is 0.444. The predicted octanol–water partition coefficient (Wildman–Crippen LogP) is 3.54. The minimum absolute atomic E-state index is 0.0114. The first-order valence-electron chi connectivity index (χ1n) is 8.24. The number of anilines is 1. The SMILES string of the molecule is CCc1cc(C(=O)NCc2ccnc(N3CCCC3)c2)sc1C. The molecular weight excluding hydrogens is 306 g/mol. The Morgan fingerprint density at radius 1 is 1.35 bits per heavy atom. The Hall–Kier alpha value is -1.88. The van der Waals surface area contributed by atoms with Crippen LogP contribution in [0.5, 0.6) is 0 Å². The van der Waals surface area contributed by atoms with Gasteiger partial charge in [0.25, 0.3) is 5.91 Å². The van der Waals surface area contributed by atoms with Crippen molar-refractivity contribution in [3.8, 4) is 0 Å². The van der Waals surface area contributed by atoms with Crippen LogP contribution in [-0.2, 0) is 13.0 Å². The van der Waals surface area contributed by atoms with Crippen LogP contribution in [0, 0.1) is 6.92 Å². The molecule has 0 bridgehead atoms. The number of rotatable bonds is 5. The van der Waals surface area contributed by atoms with Gasteiger partial charge in [-0.1, -0.05) is 6.92 Å². The van der Waals surface area contributed by atoms with Crippen molar-refractivity contribution < 1.29 is 4.79 Å². The average Bonchev–Trinajstić information content (AvgIpc) is 3.22. The third kappa shape index (κ3) is 3.72. The summed E-state index contributed by atoms with van der Waals surface area (Å²) < 4.78 is 0. The summed E-state index contributed by atoms with van der Waals surface area (Å²) in [4.78, 5) is 21.1. The maximum Gasteiger partial charge on any atom is 0.261 e. The monoisotopic (exact) mass is 329 g/mol. The standard InChI is InChI=1S/C18H23N3OS/c1-3-15-11-16(23-13(15)2)18(22)20-12-14-6-7-19-17(10-14)21-8-4-5-9-21/h6-7,10-11H,3-5,8-9,12H2,1-2H3,(H,20,22). The summed E-state index contributed by atoms with van der Waals surface area (Å²) >= 11 is 1.57. The van der Waals surface area contributed by atoms with Crippen LogP contribution in [0.2, 0.25) is 0 Å². The smallest absolute Gasteiger partial charge is 0.261 e. The van der Waals surface area contributed by atoms with Crippen LogP contribution < -0.4 is 10.2 Å². The number of nitrogens with zero attached hydrogens (tertiary/aromatic N) is 2. The maximum absolute atomic E-state index is 12.3. The van der Waals surface area contributed by atoms with E-state index >= 15 is 0 Å². The number of aryl methyl sites for hydroxylation is 2. The van der Waals surface area contributed by atoms with Crippen LogP contribution in [-0.4, -0.2) is 24.0 Å². The maximum atomic E-state index is 12.3. The van der Waals surface area contributed by atoms with Gasteiger partial charge in [0.05, 0.1) is 4.88 Å². The second-order valence-electron chi connectivity index (χ2n) is 5.94. The zero-order valence-electron chi connectivity index (χ0n) is 13.8. The zero-order chi connectivity index (χ0) is 16.2. The van der Waals surface area contributed by atoms with E-state index in [4.69, 9.17) is 0 Å². The van der Waals surface area contributed by atoms with Crippen molar-refractivity contribution in [2.24, 2.45) is 0 Å². The number of carbonyl (C=O) groups is 1. The predicted molar refractivity (Wildman–Crippen MR) is 95.3 cm³/mol. The summed E-state index contributed by atoms with van der Waals surface area (Å²) in [5.74, 6) is 1.03. The van der Waals surface area contributed by atoms with E-state index in [1.54, 1.807) is 11.3 Å². The minimum Gasteiger partial charge on any atom is -0.357 e. The van der Waals surface area contributed by atoms with Crippen molar-refractivity contribution in [2.75, 3.05) is 18.0 Å². The first kappa shape index (κ1) is 16.0. The van der Waals surface area contributed by atoms with E-state index in [0.29, 0.717) is 6.54 Å². The van der Waals surface area contributed by atoms with Crippen molar-refractivity contribution >= 4 is 23.1 Å². The molecular formula is C18H23N3OS. The molecule has 1 aliphatic rings. The van der Waals surface area contributed by atoms with Crippen LogP contribution in [0.3, 0.4) is 0 Å². The molecule has 1 N–H and O–H groups in total. The van der Waals surface area contributed by atoms with Crippen LogP contribution in [0.15, 0.2) is 24.4 Å². The van der Waals surface area contributed by atoms with Crippen molar-refractivity contribution in [1.82, 2.24) is 10.3 Å². The molecule has 23 heavy (non-hydrogen) atoms. The van der Waals surface area contributed by atoms with E-state index in [1.807, 2.05) is 18.3 Å². The van der Waals surface area contributed by atoms with E-state index in [2.05, 4.69) is 35.1 Å². The molecule has 5 heteroatoms. The number of carbonyl (C=O) groups excluding carboxylic acids is 1. The highest BCUT2D eigenvalue weighted by Gasteiger charge is 2.14. The van der Waals surface area contributed by atoms with Crippen LogP contribution in [0.1, 0.15) is 45.4 Å². The Kier molecular flexibility index (Phi) is 4.96. The zero-order valence-corrected chi connectivity index (χ0v) is 14.6. The van der Waals surface area contributed by atoms with E-state index in [1.165, 1.54) is 23.3 Å². The summed E-state index contributed by atoms with van der Waals surface area (Å²) in [6.07, 6.45) is 5.28. The molecule has 0 saturated carbocycles. The molecule has 0 atom stereocenters. The van der Waals surface area contributed by atoms with Gasteiger partial charge < -0.3 is 10.2 Å². The topological polar surface area (TPSA) is 45.2 Å². The third-order valence-electron chi connectivity index (χ3n) is 4.32. The minimum atomic E-state index is 0.0114. The fourth-order valence-electron chi connectivity index (χ4n) is 2.94. The molecule has 0 spiro atoms. The average molecular weight is 329 g/mol. The van der Waals surface area contributed by atoms with E-state index in [-0.39, 0.29) is 5.91 Å². The number of amides is 1. The lowest BCUT2D eigenvalue weighted by Gasteiger charge is -2.16. The second-order valence-corrected chi connectivity index (χ2v) is 7.20. The lowest BCUT2D eigenvalue weighted by atomic mass is 10.2. The van der Waals surface area contributed by atoms with Crippen molar-refractivity contribution in [3.05, 3.63) is 45.3 Å². The van der Waals surface area contributed by atoms with Gasteiger partial charge in [0.1, 0.15) is 5.82 Å². The molecule has 4 nitrogen and oxygen atoms in total. The highest BCUT2D eigenvalue weighted by atomic mass is 32.1. The van der Waals surface area contributed by atoms with Gasteiger partial charge in [-0.05, 0) is 55.5 Å². The van der Waals surface area contributed by atoms with Gasteiger partial charge in [-0.3, -0.25) is 4.79 Å². The summed E-state index contributed by atoms with van der Waals surface area (Å²) in [7, 11) is 0. The lowest BCUT2D eigenvalue weighted by Crippen LogP contribution is -2.23. The summed E-state index contributed by atoms with van der Waals surface area (Å²) in [5, 5.41) is 3.02. The van der Waals surface area contributed by atoms with Crippen LogP contribution in [0.25, 0.3) is 0 Å². The highest BCUT2D eigenvalue weighted by Crippen LogP contribution is 2.22. The van der Waals surface area contributed by atoms with E-state index in [0.717, 1.165) is 35.8 Å². The summed E-state index contributed by atoms with van der Waals surface area (Å²) in [6.45, 7) is 6.90. The molecule has 3 rings (SSSR count). The molecule has 1 fully saturated rings. The number of thiophene rings is 1. The lowest BCUT2D eigenvalue weighted by molar-refractivity contribution is 0.0955. The van der Waals surface area contributed by atoms with Gasteiger partial charge in [0, 0.05) is 30.7 Å². The first-order valence-corrected chi connectivity index (χ1v) is 9.06. The first-order chi connectivity index (χ1) is 11.2. The highest BCUT2D eigenvalue weighted by molar-refractivity contribution is 7.14. The molecule has 3 heterocycles. The molecule has 0 radical (unpaired) electrons. The number of nitrogens with one attached hydrogen (secondary N) is 1. The second kappa shape index (κ2) is 7.13. The number of hydrogen-bond acceptors (Lipinski definition) is 4. The normalized spacial score (nSPS) is 14.3. The number of hydrogen-bond donors (Lipinski definition) is 1. The van der Waals surface area contributed by atoms with Crippen molar-refractivity contribution in [1.29, 1.82) is 0 Å². The van der Waals surface area contributed by atoms with Gasteiger partial charge in [-0.2, -0.15) is 0 Å². The van der Waals surface area contributed by atoms with Gasteiger partial charge in [0.15, 0.2) is 0 Å². The van der Waals surface area contributed by atoms with Gasteiger partial charge >= 0.3 is 0 Å². The van der Waals surface area contributed by atoms with Gasteiger partial charge in [-0.15, -0.1) is 11.3 Å². The van der Waals surface area contributed by atoms with Crippen molar-refractivity contribution in [2.45, 2.75) is 39.7 Å². The number of pyridine rings is 1. The molecule has 2 aromatic rings. The fourth-order valence-corrected chi connectivity index (χ4v) is 3.97. The van der Waals surface area contributed by atoms with Crippen LogP contribution >= 0.6 is 11.3 Å². The molecule has 122 valence electrons.